The topological polar surface area (TPSA) is 55.8 Å². The van der Waals surface area contributed by atoms with E-state index in [9.17, 15) is 9.18 Å². The van der Waals surface area contributed by atoms with Gasteiger partial charge in [-0.25, -0.2) is 4.39 Å². The molecule has 0 spiro atoms. The van der Waals surface area contributed by atoms with Crippen molar-refractivity contribution < 1.29 is 28.2 Å². The van der Waals surface area contributed by atoms with Gasteiger partial charge in [0.1, 0.15) is 5.83 Å². The van der Waals surface area contributed by atoms with E-state index in [1.54, 1.807) is 18.2 Å². The highest BCUT2D eigenvalue weighted by atomic mass is 19.2. The maximum Gasteiger partial charge on any atom is 0.317 e. The molecule has 1 aromatic carbocycles. The molecule has 0 bridgehead atoms. The molecule has 1 aromatic rings. The predicted molar refractivity (Wildman–Crippen MR) is 71.5 cm³/mol. The van der Waals surface area contributed by atoms with Crippen molar-refractivity contribution in [2.45, 2.75) is 12.8 Å². The molecule has 0 radical (unpaired) electrons. The molecule has 112 valence electrons. The first-order chi connectivity index (χ1) is 9.88. The molecule has 0 saturated carbocycles. The molecule has 4 nitrogen and oxygen atoms in total. The summed E-state index contributed by atoms with van der Waals surface area (Å²) in [5.74, 6) is -6.51. The van der Waals surface area contributed by atoms with E-state index in [1.807, 2.05) is 0 Å². The average molecular weight is 296 g/mol. The SMILES string of the molecule is COc1ccccc1OC1(F)C(C)=CC(F)=CC1C(=O)O. The number of carboxylic acid groups (broad SMARTS) is 1. The van der Waals surface area contributed by atoms with Crippen molar-refractivity contribution >= 4 is 5.97 Å². The van der Waals surface area contributed by atoms with E-state index >= 15 is 4.39 Å². The minimum atomic E-state index is -2.68. The van der Waals surface area contributed by atoms with Crippen LogP contribution in [0.2, 0.25) is 0 Å². The third-order valence-electron chi connectivity index (χ3n) is 3.21. The Hall–Kier alpha value is -2.37. The highest BCUT2D eigenvalue weighted by molar-refractivity contribution is 5.75. The van der Waals surface area contributed by atoms with E-state index in [2.05, 4.69) is 0 Å². The fraction of sp³-hybridized carbons (Fsp3) is 0.267. The first-order valence-corrected chi connectivity index (χ1v) is 6.18. The van der Waals surface area contributed by atoms with Crippen molar-refractivity contribution in [1.29, 1.82) is 0 Å². The number of carboxylic acids is 1. The van der Waals surface area contributed by atoms with Gasteiger partial charge in [-0.2, -0.15) is 4.39 Å². The van der Waals surface area contributed by atoms with E-state index in [0.29, 0.717) is 6.08 Å². The van der Waals surface area contributed by atoms with Crippen LogP contribution in [0.25, 0.3) is 0 Å². The highest BCUT2D eigenvalue weighted by Crippen LogP contribution is 2.41. The first kappa shape index (κ1) is 15.0. The minimum Gasteiger partial charge on any atom is -0.493 e. The summed E-state index contributed by atoms with van der Waals surface area (Å²) in [4.78, 5) is 11.2. The van der Waals surface area contributed by atoms with Crippen LogP contribution in [0.4, 0.5) is 8.78 Å². The average Bonchev–Trinajstić information content (AvgIpc) is 2.43. The molecule has 2 atom stereocenters. The van der Waals surface area contributed by atoms with E-state index in [4.69, 9.17) is 14.6 Å². The molecule has 0 saturated heterocycles. The third kappa shape index (κ3) is 2.74. The zero-order valence-electron chi connectivity index (χ0n) is 11.5. The molecule has 6 heteroatoms. The van der Waals surface area contributed by atoms with Crippen molar-refractivity contribution in [2.24, 2.45) is 5.92 Å². The molecule has 21 heavy (non-hydrogen) atoms. The van der Waals surface area contributed by atoms with Crippen LogP contribution in [0, 0.1) is 5.92 Å². The fourth-order valence-corrected chi connectivity index (χ4v) is 2.10. The van der Waals surface area contributed by atoms with Gasteiger partial charge in [-0.1, -0.05) is 12.1 Å². The number of hydrogen-bond donors (Lipinski definition) is 1. The number of hydrogen-bond acceptors (Lipinski definition) is 3. The van der Waals surface area contributed by atoms with Crippen LogP contribution >= 0.6 is 0 Å². The van der Waals surface area contributed by atoms with Gasteiger partial charge in [0.15, 0.2) is 17.4 Å². The number of carbonyl (C=O) groups is 1. The summed E-state index contributed by atoms with van der Waals surface area (Å²) in [5, 5.41) is 9.12. The van der Waals surface area contributed by atoms with Crippen LogP contribution in [-0.2, 0) is 4.79 Å². The van der Waals surface area contributed by atoms with Crippen molar-refractivity contribution in [3.8, 4) is 11.5 Å². The number of rotatable bonds is 4. The van der Waals surface area contributed by atoms with Gasteiger partial charge in [-0.05, 0) is 31.2 Å². The second kappa shape index (κ2) is 5.55. The molecule has 2 rings (SSSR count). The number of halogens is 2. The van der Waals surface area contributed by atoms with Crippen molar-refractivity contribution in [3.05, 3.63) is 47.8 Å². The van der Waals surface area contributed by atoms with E-state index in [-0.39, 0.29) is 17.1 Å². The van der Waals surface area contributed by atoms with E-state index < -0.39 is 23.6 Å². The van der Waals surface area contributed by atoms with Gasteiger partial charge in [0, 0.05) is 5.57 Å². The normalized spacial score (nSPS) is 24.9. The Morgan fingerprint density at radius 3 is 2.52 bits per heavy atom. The van der Waals surface area contributed by atoms with Crippen LogP contribution in [-0.4, -0.2) is 24.0 Å². The molecule has 2 unspecified atom stereocenters. The summed E-state index contributed by atoms with van der Waals surface area (Å²) in [6.45, 7) is 1.28. The van der Waals surface area contributed by atoms with Crippen molar-refractivity contribution in [2.75, 3.05) is 7.11 Å². The lowest BCUT2D eigenvalue weighted by molar-refractivity contribution is -0.154. The van der Waals surface area contributed by atoms with Gasteiger partial charge < -0.3 is 14.6 Å². The molecule has 0 fully saturated rings. The van der Waals surface area contributed by atoms with Gasteiger partial charge >= 0.3 is 5.97 Å². The summed E-state index contributed by atoms with van der Waals surface area (Å²) in [6, 6.07) is 6.25. The highest BCUT2D eigenvalue weighted by Gasteiger charge is 2.49. The van der Waals surface area contributed by atoms with Crippen molar-refractivity contribution in [3.63, 3.8) is 0 Å². The van der Waals surface area contributed by atoms with Crippen LogP contribution in [0.3, 0.4) is 0 Å². The smallest absolute Gasteiger partial charge is 0.317 e. The second-order valence-electron chi connectivity index (χ2n) is 4.59. The summed E-state index contributed by atoms with van der Waals surface area (Å²) in [7, 11) is 1.38. The molecule has 1 N–H and O–H groups in total. The number of methoxy groups -OCH3 is 1. The van der Waals surface area contributed by atoms with Crippen molar-refractivity contribution in [1.82, 2.24) is 0 Å². The quantitative estimate of drug-likeness (QED) is 0.926. The molecular weight excluding hydrogens is 282 g/mol. The number of ether oxygens (including phenoxy) is 2. The number of alkyl halides is 1. The lowest BCUT2D eigenvalue weighted by atomic mass is 9.88. The summed E-state index contributed by atoms with van der Waals surface area (Å²) >= 11 is 0. The standard InChI is InChI=1S/C15H14F2O4/c1-9-7-10(16)8-11(14(18)19)15(9,17)21-13-6-4-3-5-12(13)20-2/h3-8,11H,1-2H3,(H,18,19). The maximum atomic E-state index is 15.1. The Balaban J connectivity index is 2.44. The Morgan fingerprint density at radius 1 is 1.33 bits per heavy atom. The largest absolute Gasteiger partial charge is 0.493 e. The maximum absolute atomic E-state index is 15.1. The molecule has 0 aromatic heterocycles. The molecule has 1 aliphatic rings. The number of aliphatic carboxylic acids is 1. The Bertz CT molecular complexity index is 624. The van der Waals surface area contributed by atoms with Gasteiger partial charge in [-0.3, -0.25) is 4.79 Å². The molecule has 0 heterocycles. The van der Waals surface area contributed by atoms with Crippen LogP contribution in [0.5, 0.6) is 11.5 Å². The van der Waals surface area contributed by atoms with Crippen LogP contribution < -0.4 is 9.47 Å². The Kier molecular flexibility index (Phi) is 3.97. The molecular formula is C15H14F2O4. The van der Waals surface area contributed by atoms with Crippen LogP contribution in [0.1, 0.15) is 6.92 Å². The van der Waals surface area contributed by atoms with E-state index in [0.717, 1.165) is 6.08 Å². The fourth-order valence-electron chi connectivity index (χ4n) is 2.10. The zero-order chi connectivity index (χ0) is 15.6. The molecule has 1 aliphatic carbocycles. The Morgan fingerprint density at radius 2 is 1.95 bits per heavy atom. The Labute approximate surface area is 120 Å². The number of benzene rings is 1. The van der Waals surface area contributed by atoms with Crippen LogP contribution in [0.15, 0.2) is 47.8 Å². The second-order valence-corrected chi connectivity index (χ2v) is 4.59. The molecule has 0 amide bonds. The van der Waals surface area contributed by atoms with Gasteiger partial charge in [0.25, 0.3) is 5.85 Å². The lowest BCUT2D eigenvalue weighted by Crippen LogP contribution is -2.45. The number of para-hydroxylation sites is 2. The predicted octanol–water partition coefficient (Wildman–Crippen LogP) is 3.25. The summed E-state index contributed by atoms with van der Waals surface area (Å²) in [6.07, 6.45) is 1.60. The van der Waals surface area contributed by atoms with E-state index in [1.165, 1.54) is 20.1 Å². The lowest BCUT2D eigenvalue weighted by Gasteiger charge is -2.33. The summed E-state index contributed by atoms with van der Waals surface area (Å²) in [5.41, 5.74) is -0.166. The number of allylic oxidation sites excluding steroid dienone is 2. The first-order valence-electron chi connectivity index (χ1n) is 6.18. The van der Waals surface area contributed by atoms with Gasteiger partial charge in [-0.15, -0.1) is 0 Å². The summed E-state index contributed by atoms with van der Waals surface area (Å²) < 4.78 is 38.7. The van der Waals surface area contributed by atoms with Gasteiger partial charge in [0.05, 0.1) is 7.11 Å². The zero-order valence-corrected chi connectivity index (χ0v) is 11.5. The minimum absolute atomic E-state index is 0.0391. The monoisotopic (exact) mass is 296 g/mol. The molecule has 0 aliphatic heterocycles. The third-order valence-corrected chi connectivity index (χ3v) is 3.21. The van der Waals surface area contributed by atoms with Gasteiger partial charge in [0.2, 0.25) is 0 Å².